The first-order valence-electron chi connectivity index (χ1n) is 6.92. The molecular weight excluding hydrogens is 330 g/mol. The van der Waals surface area contributed by atoms with Crippen LogP contribution in [0.2, 0.25) is 0 Å². The van der Waals surface area contributed by atoms with Crippen LogP contribution in [-0.4, -0.2) is 23.1 Å². The second-order valence-corrected chi connectivity index (χ2v) is 5.28. The number of carbonyl (C=O) groups is 1. The van der Waals surface area contributed by atoms with Crippen molar-refractivity contribution in [3.05, 3.63) is 63.7 Å². The monoisotopic (exact) mass is 345 g/mol. The van der Waals surface area contributed by atoms with E-state index in [9.17, 15) is 14.9 Å². The zero-order valence-corrected chi connectivity index (χ0v) is 13.8. The van der Waals surface area contributed by atoms with E-state index in [4.69, 9.17) is 17.0 Å². The van der Waals surface area contributed by atoms with E-state index in [0.717, 1.165) is 0 Å². The lowest BCUT2D eigenvalue weighted by atomic mass is 10.2. The van der Waals surface area contributed by atoms with E-state index in [1.165, 1.54) is 13.2 Å². The lowest BCUT2D eigenvalue weighted by Gasteiger charge is -2.11. The van der Waals surface area contributed by atoms with E-state index in [1.54, 1.807) is 43.3 Å². The van der Waals surface area contributed by atoms with Crippen molar-refractivity contribution in [1.29, 1.82) is 0 Å². The number of thiocarbonyl (C=S) groups is 1. The number of amides is 1. The van der Waals surface area contributed by atoms with E-state index < -0.39 is 10.8 Å². The fourth-order valence-electron chi connectivity index (χ4n) is 2.05. The summed E-state index contributed by atoms with van der Waals surface area (Å²) in [6.45, 7) is 1.64. The van der Waals surface area contributed by atoms with Crippen molar-refractivity contribution in [2.24, 2.45) is 0 Å². The average molecular weight is 345 g/mol. The summed E-state index contributed by atoms with van der Waals surface area (Å²) in [6, 6.07) is 11.3. The van der Waals surface area contributed by atoms with Crippen LogP contribution in [0.15, 0.2) is 42.5 Å². The van der Waals surface area contributed by atoms with Crippen LogP contribution in [0.5, 0.6) is 5.75 Å². The van der Waals surface area contributed by atoms with Crippen LogP contribution in [0.25, 0.3) is 0 Å². The number of nitro benzene ring substituents is 1. The summed E-state index contributed by atoms with van der Waals surface area (Å²) in [7, 11) is 1.47. The Hall–Kier alpha value is -3.00. The number of ether oxygens (including phenoxy) is 1. The molecule has 2 N–H and O–H groups in total. The number of benzene rings is 2. The fraction of sp³-hybridized carbons (Fsp3) is 0.125. The van der Waals surface area contributed by atoms with Gasteiger partial charge in [-0.15, -0.1) is 0 Å². The normalized spacial score (nSPS) is 9.92. The number of methoxy groups -OCH3 is 1. The van der Waals surface area contributed by atoms with Gasteiger partial charge in [-0.1, -0.05) is 18.2 Å². The zero-order valence-electron chi connectivity index (χ0n) is 13.0. The van der Waals surface area contributed by atoms with Gasteiger partial charge in [0.1, 0.15) is 5.75 Å². The molecule has 0 aromatic heterocycles. The Morgan fingerprint density at radius 2 is 1.96 bits per heavy atom. The molecule has 0 radical (unpaired) electrons. The van der Waals surface area contributed by atoms with E-state index >= 15 is 0 Å². The predicted octanol–water partition coefficient (Wildman–Crippen LogP) is 3.04. The van der Waals surface area contributed by atoms with Gasteiger partial charge in [0.05, 0.1) is 17.6 Å². The second-order valence-electron chi connectivity index (χ2n) is 4.87. The number of aryl methyl sites for hydroxylation is 1. The van der Waals surface area contributed by atoms with E-state index in [1.807, 2.05) is 0 Å². The number of carbonyl (C=O) groups excluding carboxylic acids is 1. The summed E-state index contributed by atoms with van der Waals surface area (Å²) in [6.07, 6.45) is 0. The molecule has 0 unspecified atom stereocenters. The Morgan fingerprint density at radius 1 is 1.25 bits per heavy atom. The molecule has 0 aliphatic carbocycles. The smallest absolute Gasteiger partial charge is 0.274 e. The highest BCUT2D eigenvalue weighted by molar-refractivity contribution is 7.80. The summed E-state index contributed by atoms with van der Waals surface area (Å²) < 4.78 is 5.12. The predicted molar refractivity (Wildman–Crippen MR) is 94.5 cm³/mol. The van der Waals surface area contributed by atoms with Crippen molar-refractivity contribution in [2.75, 3.05) is 12.4 Å². The molecule has 7 nitrogen and oxygen atoms in total. The third-order valence-corrected chi connectivity index (χ3v) is 3.45. The average Bonchev–Trinajstić information content (AvgIpc) is 2.56. The molecule has 0 saturated carbocycles. The molecule has 0 spiro atoms. The Bertz CT molecular complexity index is 808. The lowest BCUT2D eigenvalue weighted by molar-refractivity contribution is -0.385. The van der Waals surface area contributed by atoms with Crippen LogP contribution >= 0.6 is 12.2 Å². The van der Waals surface area contributed by atoms with Gasteiger partial charge in [0, 0.05) is 17.3 Å². The number of para-hydroxylation sites is 1. The third-order valence-electron chi connectivity index (χ3n) is 3.24. The van der Waals surface area contributed by atoms with Crippen LogP contribution in [-0.2, 0) is 0 Å². The van der Waals surface area contributed by atoms with E-state index in [0.29, 0.717) is 22.6 Å². The SMILES string of the molecule is COc1ccccc1C(=O)NC(=S)Nc1ccc(C)c([N+](=O)[O-])c1. The topological polar surface area (TPSA) is 93.5 Å². The molecule has 24 heavy (non-hydrogen) atoms. The molecule has 0 heterocycles. The van der Waals surface area contributed by atoms with Crippen molar-refractivity contribution >= 4 is 34.6 Å². The third kappa shape index (κ3) is 4.05. The Balaban J connectivity index is 2.09. The number of nitrogens with zero attached hydrogens (tertiary/aromatic N) is 1. The number of rotatable bonds is 4. The Labute approximate surface area is 143 Å². The highest BCUT2D eigenvalue weighted by atomic mass is 32.1. The maximum absolute atomic E-state index is 12.2. The molecule has 0 bridgehead atoms. The van der Waals surface area contributed by atoms with Crippen molar-refractivity contribution in [1.82, 2.24) is 5.32 Å². The highest BCUT2D eigenvalue weighted by Gasteiger charge is 2.14. The van der Waals surface area contributed by atoms with E-state index in [2.05, 4.69) is 10.6 Å². The molecule has 124 valence electrons. The number of hydrogen-bond acceptors (Lipinski definition) is 5. The number of nitrogens with one attached hydrogen (secondary N) is 2. The van der Waals surface area contributed by atoms with Crippen molar-refractivity contribution in [3.63, 3.8) is 0 Å². The first kappa shape index (κ1) is 17.4. The molecule has 0 fully saturated rings. The molecule has 0 atom stereocenters. The quantitative estimate of drug-likeness (QED) is 0.502. The summed E-state index contributed by atoms with van der Waals surface area (Å²) in [5, 5.41) is 16.3. The fourth-order valence-corrected chi connectivity index (χ4v) is 2.26. The molecule has 8 heteroatoms. The van der Waals surface area contributed by atoms with Crippen LogP contribution in [0.1, 0.15) is 15.9 Å². The van der Waals surface area contributed by atoms with Gasteiger partial charge in [0.25, 0.3) is 11.6 Å². The minimum Gasteiger partial charge on any atom is -0.496 e. The van der Waals surface area contributed by atoms with Crippen molar-refractivity contribution in [3.8, 4) is 5.75 Å². The molecule has 0 saturated heterocycles. The van der Waals surface area contributed by atoms with Gasteiger partial charge in [0.2, 0.25) is 0 Å². The van der Waals surface area contributed by atoms with Gasteiger partial charge < -0.3 is 10.1 Å². The van der Waals surface area contributed by atoms with Gasteiger partial charge in [-0.25, -0.2) is 0 Å². The number of anilines is 1. The zero-order chi connectivity index (χ0) is 17.7. The maximum atomic E-state index is 12.2. The van der Waals surface area contributed by atoms with E-state index in [-0.39, 0.29) is 10.8 Å². The minimum absolute atomic E-state index is 0.0288. The number of nitro groups is 1. The largest absolute Gasteiger partial charge is 0.496 e. The van der Waals surface area contributed by atoms with Crippen LogP contribution < -0.4 is 15.4 Å². The van der Waals surface area contributed by atoms with Crippen LogP contribution in [0, 0.1) is 17.0 Å². The van der Waals surface area contributed by atoms with Gasteiger partial charge in [-0.3, -0.25) is 20.2 Å². The summed E-state index contributed by atoms with van der Waals surface area (Å²) in [5.41, 5.74) is 1.25. The minimum atomic E-state index is -0.475. The molecule has 2 rings (SSSR count). The molecule has 2 aromatic carbocycles. The first-order chi connectivity index (χ1) is 11.4. The number of hydrogen-bond donors (Lipinski definition) is 2. The second kappa shape index (κ2) is 7.51. The van der Waals surface area contributed by atoms with Crippen LogP contribution in [0.3, 0.4) is 0 Å². The molecule has 0 aliphatic heterocycles. The highest BCUT2D eigenvalue weighted by Crippen LogP contribution is 2.22. The summed E-state index contributed by atoms with van der Waals surface area (Å²) in [5.74, 6) is -0.0182. The Kier molecular flexibility index (Phi) is 5.43. The molecule has 1 amide bonds. The van der Waals surface area contributed by atoms with Crippen molar-refractivity contribution in [2.45, 2.75) is 6.92 Å². The van der Waals surface area contributed by atoms with Gasteiger partial charge in [-0.05, 0) is 37.3 Å². The molecule has 0 aliphatic rings. The van der Waals surface area contributed by atoms with Gasteiger partial charge in [0.15, 0.2) is 5.11 Å². The van der Waals surface area contributed by atoms with Gasteiger partial charge in [-0.2, -0.15) is 0 Å². The first-order valence-corrected chi connectivity index (χ1v) is 7.33. The maximum Gasteiger partial charge on any atom is 0.274 e. The molecular formula is C16H15N3O4S. The molecule has 2 aromatic rings. The summed E-state index contributed by atoms with van der Waals surface area (Å²) >= 11 is 5.08. The van der Waals surface area contributed by atoms with Crippen LogP contribution in [0.4, 0.5) is 11.4 Å². The Morgan fingerprint density at radius 3 is 2.62 bits per heavy atom. The van der Waals surface area contributed by atoms with Crippen molar-refractivity contribution < 1.29 is 14.5 Å². The summed E-state index contributed by atoms with van der Waals surface area (Å²) in [4.78, 5) is 22.7. The van der Waals surface area contributed by atoms with Gasteiger partial charge >= 0.3 is 0 Å². The lowest BCUT2D eigenvalue weighted by Crippen LogP contribution is -2.34. The standard InChI is InChI=1S/C16H15N3O4S/c1-10-7-8-11(9-13(10)19(21)22)17-16(24)18-15(20)12-5-3-4-6-14(12)23-2/h3-9H,1-2H3,(H2,17,18,20,24).